The summed E-state index contributed by atoms with van der Waals surface area (Å²) in [6.07, 6.45) is 0. The zero-order valence-electron chi connectivity index (χ0n) is 7.08. The molecule has 0 saturated carbocycles. The van der Waals surface area contributed by atoms with Crippen LogP contribution in [0.3, 0.4) is 0 Å². The Bertz CT molecular complexity index is 243. The van der Waals surface area contributed by atoms with Crippen LogP contribution in [0, 0.1) is 0 Å². The summed E-state index contributed by atoms with van der Waals surface area (Å²) in [6, 6.07) is 7.80. The van der Waals surface area contributed by atoms with E-state index in [1.807, 2.05) is 24.3 Å². The summed E-state index contributed by atoms with van der Waals surface area (Å²) < 4.78 is 5.02. The topological polar surface area (TPSA) is 33.6 Å². The van der Waals surface area contributed by atoms with Gasteiger partial charge in [0.2, 0.25) is 0 Å². The second kappa shape index (κ2) is 4.38. The van der Waals surface area contributed by atoms with Gasteiger partial charge < -0.3 is 10.2 Å². The van der Waals surface area contributed by atoms with E-state index in [9.17, 15) is 0 Å². The second-order valence-electron chi connectivity index (χ2n) is 2.34. The average Bonchev–Trinajstić information content (AvgIpc) is 2.15. The molecule has 0 aliphatic heterocycles. The Labute approximate surface area is 72.1 Å². The van der Waals surface area contributed by atoms with E-state index in [4.69, 9.17) is 4.74 Å². The molecule has 1 aromatic carbocycles. The first kappa shape index (κ1) is 8.59. The first-order valence-electron chi connectivity index (χ1n) is 3.68. The van der Waals surface area contributed by atoms with Gasteiger partial charge in [-0.2, -0.15) is 5.10 Å². The molecule has 0 heterocycles. The molecule has 0 aliphatic carbocycles. The molecule has 64 valence electrons. The Hall–Kier alpha value is -1.51. The maximum atomic E-state index is 5.02. The van der Waals surface area contributed by atoms with E-state index in [1.165, 1.54) is 0 Å². The summed E-state index contributed by atoms with van der Waals surface area (Å²) in [5.74, 6) is 0.866. The third kappa shape index (κ3) is 2.27. The molecule has 0 atom stereocenters. The summed E-state index contributed by atoms with van der Waals surface area (Å²) in [4.78, 5) is 0. The second-order valence-corrected chi connectivity index (χ2v) is 2.34. The highest BCUT2D eigenvalue weighted by molar-refractivity contribution is 5.27. The number of nitrogens with one attached hydrogen (secondary N) is 1. The average molecular weight is 164 g/mol. The SMILES string of the molecule is C=NNCc1ccc(OC)cc1. The molecule has 3 heteroatoms. The van der Waals surface area contributed by atoms with Gasteiger partial charge in [-0.3, -0.25) is 0 Å². The predicted molar refractivity (Wildman–Crippen MR) is 49.4 cm³/mol. The molecule has 0 amide bonds. The van der Waals surface area contributed by atoms with Gasteiger partial charge in [0.1, 0.15) is 5.75 Å². The minimum atomic E-state index is 0.702. The first-order chi connectivity index (χ1) is 5.86. The summed E-state index contributed by atoms with van der Waals surface area (Å²) in [5.41, 5.74) is 3.93. The van der Waals surface area contributed by atoms with Crippen LogP contribution in [0.5, 0.6) is 5.75 Å². The van der Waals surface area contributed by atoms with Crippen LogP contribution in [-0.4, -0.2) is 13.8 Å². The van der Waals surface area contributed by atoms with Crippen molar-refractivity contribution in [3.8, 4) is 5.75 Å². The van der Waals surface area contributed by atoms with E-state index in [-0.39, 0.29) is 0 Å². The number of hydrogen-bond donors (Lipinski definition) is 1. The van der Waals surface area contributed by atoms with E-state index in [2.05, 4.69) is 17.2 Å². The Morgan fingerprint density at radius 3 is 2.58 bits per heavy atom. The fraction of sp³-hybridized carbons (Fsp3) is 0.222. The molecular weight excluding hydrogens is 152 g/mol. The maximum absolute atomic E-state index is 5.02. The molecule has 0 bridgehead atoms. The van der Waals surface area contributed by atoms with Gasteiger partial charge in [-0.15, -0.1) is 0 Å². The Kier molecular flexibility index (Phi) is 3.14. The molecule has 0 aromatic heterocycles. The predicted octanol–water partition coefficient (Wildman–Crippen LogP) is 1.40. The lowest BCUT2D eigenvalue weighted by molar-refractivity contribution is 0.414. The number of hydrogen-bond acceptors (Lipinski definition) is 3. The Balaban J connectivity index is 2.58. The smallest absolute Gasteiger partial charge is 0.118 e. The van der Waals surface area contributed by atoms with Crippen molar-refractivity contribution >= 4 is 6.72 Å². The zero-order chi connectivity index (χ0) is 8.81. The highest BCUT2D eigenvalue weighted by Crippen LogP contribution is 2.10. The summed E-state index contributed by atoms with van der Waals surface area (Å²) in [7, 11) is 1.65. The van der Waals surface area contributed by atoms with Gasteiger partial charge in [0.15, 0.2) is 0 Å². The van der Waals surface area contributed by atoms with Crippen molar-refractivity contribution in [2.24, 2.45) is 5.10 Å². The number of hydrazone groups is 1. The standard InChI is InChI=1S/C9H12N2O/c1-10-11-7-8-3-5-9(12-2)6-4-8/h3-6,11H,1,7H2,2H3. The molecule has 0 radical (unpaired) electrons. The van der Waals surface area contributed by atoms with E-state index < -0.39 is 0 Å². The van der Waals surface area contributed by atoms with Crippen molar-refractivity contribution in [3.05, 3.63) is 29.8 Å². The minimum Gasteiger partial charge on any atom is -0.497 e. The van der Waals surface area contributed by atoms with Crippen molar-refractivity contribution in [1.82, 2.24) is 5.43 Å². The van der Waals surface area contributed by atoms with Crippen LogP contribution >= 0.6 is 0 Å². The van der Waals surface area contributed by atoms with Gasteiger partial charge in [-0.25, -0.2) is 0 Å². The first-order valence-corrected chi connectivity index (χ1v) is 3.68. The normalized spacial score (nSPS) is 9.08. The highest BCUT2D eigenvalue weighted by atomic mass is 16.5. The molecule has 0 spiro atoms. The maximum Gasteiger partial charge on any atom is 0.118 e. The molecule has 0 saturated heterocycles. The molecule has 0 unspecified atom stereocenters. The number of methoxy groups -OCH3 is 1. The monoisotopic (exact) mass is 164 g/mol. The van der Waals surface area contributed by atoms with Gasteiger partial charge in [0, 0.05) is 6.72 Å². The van der Waals surface area contributed by atoms with Crippen LogP contribution in [0.4, 0.5) is 0 Å². The van der Waals surface area contributed by atoms with Crippen LogP contribution in [0.25, 0.3) is 0 Å². The van der Waals surface area contributed by atoms with Gasteiger partial charge in [0.25, 0.3) is 0 Å². The van der Waals surface area contributed by atoms with E-state index in [0.717, 1.165) is 11.3 Å². The van der Waals surface area contributed by atoms with Crippen LogP contribution in [0.15, 0.2) is 29.4 Å². The van der Waals surface area contributed by atoms with Crippen molar-refractivity contribution < 1.29 is 4.74 Å². The zero-order valence-corrected chi connectivity index (χ0v) is 7.08. The van der Waals surface area contributed by atoms with Crippen molar-refractivity contribution in [2.75, 3.05) is 7.11 Å². The van der Waals surface area contributed by atoms with Crippen LogP contribution in [0.1, 0.15) is 5.56 Å². The number of benzene rings is 1. The van der Waals surface area contributed by atoms with Crippen molar-refractivity contribution in [3.63, 3.8) is 0 Å². The lowest BCUT2D eigenvalue weighted by atomic mass is 10.2. The van der Waals surface area contributed by atoms with Crippen LogP contribution in [-0.2, 0) is 6.54 Å². The summed E-state index contributed by atoms with van der Waals surface area (Å²) in [5, 5.41) is 3.54. The molecule has 3 nitrogen and oxygen atoms in total. The third-order valence-electron chi connectivity index (χ3n) is 1.55. The molecular formula is C9H12N2O. The summed E-state index contributed by atoms with van der Waals surface area (Å²) in [6.45, 7) is 4.03. The van der Waals surface area contributed by atoms with Crippen LogP contribution in [0.2, 0.25) is 0 Å². The molecule has 12 heavy (non-hydrogen) atoms. The highest BCUT2D eigenvalue weighted by Gasteiger charge is 1.91. The van der Waals surface area contributed by atoms with Gasteiger partial charge in [-0.05, 0) is 17.7 Å². The Morgan fingerprint density at radius 2 is 2.08 bits per heavy atom. The lowest BCUT2D eigenvalue weighted by Crippen LogP contribution is -2.03. The number of rotatable bonds is 4. The molecule has 1 N–H and O–H groups in total. The lowest BCUT2D eigenvalue weighted by Gasteiger charge is -2.02. The minimum absolute atomic E-state index is 0.702. The fourth-order valence-electron chi connectivity index (χ4n) is 0.891. The molecule has 1 rings (SSSR count). The van der Waals surface area contributed by atoms with E-state index in [1.54, 1.807) is 7.11 Å². The number of nitrogens with zero attached hydrogens (tertiary/aromatic N) is 1. The van der Waals surface area contributed by atoms with Gasteiger partial charge >= 0.3 is 0 Å². The fourth-order valence-corrected chi connectivity index (χ4v) is 0.891. The Morgan fingerprint density at radius 1 is 1.42 bits per heavy atom. The van der Waals surface area contributed by atoms with E-state index >= 15 is 0 Å². The van der Waals surface area contributed by atoms with E-state index in [0.29, 0.717) is 6.54 Å². The van der Waals surface area contributed by atoms with Gasteiger partial charge in [0.05, 0.1) is 13.7 Å². The molecule has 0 fully saturated rings. The number of ether oxygens (including phenoxy) is 1. The molecule has 1 aromatic rings. The largest absolute Gasteiger partial charge is 0.497 e. The van der Waals surface area contributed by atoms with Crippen molar-refractivity contribution in [2.45, 2.75) is 6.54 Å². The van der Waals surface area contributed by atoms with Gasteiger partial charge in [-0.1, -0.05) is 12.1 Å². The summed E-state index contributed by atoms with van der Waals surface area (Å²) >= 11 is 0. The van der Waals surface area contributed by atoms with Crippen LogP contribution < -0.4 is 10.2 Å². The molecule has 0 aliphatic rings. The quantitative estimate of drug-likeness (QED) is 0.539. The van der Waals surface area contributed by atoms with Crippen molar-refractivity contribution in [1.29, 1.82) is 0 Å². The third-order valence-corrected chi connectivity index (χ3v) is 1.55.